The number of phenols is 1. The molecule has 1 aromatic carbocycles. The molecule has 134 valence electrons. The van der Waals surface area contributed by atoms with E-state index in [1.54, 1.807) is 0 Å². The molecule has 9 nitrogen and oxygen atoms in total. The quantitative estimate of drug-likeness (QED) is 0.359. The van der Waals surface area contributed by atoms with Gasteiger partial charge in [0.1, 0.15) is 35.7 Å². The molecule has 1 aromatic rings. The molecule has 24 heavy (non-hydrogen) atoms. The second kappa shape index (κ2) is 7.88. The summed E-state index contributed by atoms with van der Waals surface area (Å²) in [5.74, 6) is -1.65. The van der Waals surface area contributed by atoms with Crippen molar-refractivity contribution < 1.29 is 44.9 Å². The summed E-state index contributed by atoms with van der Waals surface area (Å²) in [6.07, 6.45) is -6.81. The molecule has 0 aliphatic carbocycles. The second-order valence-corrected chi connectivity index (χ2v) is 5.43. The van der Waals surface area contributed by atoms with Gasteiger partial charge < -0.3 is 40.1 Å². The first kappa shape index (κ1) is 18.6. The van der Waals surface area contributed by atoms with Gasteiger partial charge in [-0.1, -0.05) is 12.1 Å². The molecule has 0 radical (unpaired) electrons. The lowest BCUT2D eigenvalue weighted by atomic mass is 9.99. The van der Waals surface area contributed by atoms with E-state index in [1.807, 2.05) is 0 Å². The van der Waals surface area contributed by atoms with Gasteiger partial charge in [-0.25, -0.2) is 4.79 Å². The standard InChI is InChI=1S/C15H20O9/c16-6-9-11(18)12(19)13(20)15(24-9)23-5-4-7-2-1-3-8(17)10(7)14(21)22/h1-3,9,11-13,15-20H,4-6H2,(H,21,22)/t9-,11-,12+,13-,15-/m1/s1. The highest BCUT2D eigenvalue weighted by Gasteiger charge is 2.43. The van der Waals surface area contributed by atoms with Gasteiger partial charge in [0.25, 0.3) is 0 Å². The van der Waals surface area contributed by atoms with Crippen molar-refractivity contribution in [1.82, 2.24) is 0 Å². The highest BCUT2D eigenvalue weighted by atomic mass is 16.7. The van der Waals surface area contributed by atoms with Crippen LogP contribution < -0.4 is 0 Å². The average molecular weight is 344 g/mol. The number of carboxylic acids is 1. The van der Waals surface area contributed by atoms with Gasteiger partial charge in [-0.2, -0.15) is 0 Å². The Morgan fingerprint density at radius 2 is 1.88 bits per heavy atom. The minimum absolute atomic E-state index is 0.0770. The first-order valence-electron chi connectivity index (χ1n) is 7.33. The molecule has 2 rings (SSSR count). The Kier molecular flexibility index (Phi) is 6.10. The Bertz CT molecular complexity index is 574. The van der Waals surface area contributed by atoms with Crippen molar-refractivity contribution in [1.29, 1.82) is 0 Å². The van der Waals surface area contributed by atoms with Crippen LogP contribution in [-0.2, 0) is 15.9 Å². The molecular weight excluding hydrogens is 324 g/mol. The summed E-state index contributed by atoms with van der Waals surface area (Å²) >= 11 is 0. The number of hydrogen-bond donors (Lipinski definition) is 6. The van der Waals surface area contributed by atoms with Crippen LogP contribution in [0.25, 0.3) is 0 Å². The molecule has 1 heterocycles. The molecule has 5 atom stereocenters. The van der Waals surface area contributed by atoms with Crippen molar-refractivity contribution in [2.45, 2.75) is 37.1 Å². The summed E-state index contributed by atoms with van der Waals surface area (Å²) in [4.78, 5) is 11.2. The molecule has 0 unspecified atom stereocenters. The van der Waals surface area contributed by atoms with Crippen LogP contribution in [0.3, 0.4) is 0 Å². The molecule has 1 saturated heterocycles. The van der Waals surface area contributed by atoms with E-state index < -0.39 is 43.3 Å². The van der Waals surface area contributed by atoms with Gasteiger partial charge in [-0.3, -0.25) is 0 Å². The number of carboxylic acid groups (broad SMARTS) is 1. The molecule has 0 aromatic heterocycles. The summed E-state index contributed by atoms with van der Waals surface area (Å²) in [7, 11) is 0. The third kappa shape index (κ3) is 3.83. The van der Waals surface area contributed by atoms with Gasteiger partial charge >= 0.3 is 5.97 Å². The van der Waals surface area contributed by atoms with Crippen LogP contribution in [0, 0.1) is 0 Å². The number of benzene rings is 1. The van der Waals surface area contributed by atoms with E-state index >= 15 is 0 Å². The molecule has 1 aliphatic heterocycles. The number of rotatable bonds is 6. The molecule has 0 bridgehead atoms. The zero-order chi connectivity index (χ0) is 17.9. The number of carbonyl (C=O) groups is 1. The predicted molar refractivity (Wildman–Crippen MR) is 78.5 cm³/mol. The average Bonchev–Trinajstić information content (AvgIpc) is 2.54. The minimum atomic E-state index is -1.55. The van der Waals surface area contributed by atoms with Crippen LogP contribution in [0.5, 0.6) is 5.75 Å². The van der Waals surface area contributed by atoms with Crippen molar-refractivity contribution in [2.75, 3.05) is 13.2 Å². The molecule has 0 amide bonds. The Labute approximate surface area is 137 Å². The second-order valence-electron chi connectivity index (χ2n) is 5.43. The fraction of sp³-hybridized carbons (Fsp3) is 0.533. The minimum Gasteiger partial charge on any atom is -0.507 e. The topological polar surface area (TPSA) is 157 Å². The highest BCUT2D eigenvalue weighted by Crippen LogP contribution is 2.24. The monoisotopic (exact) mass is 344 g/mol. The van der Waals surface area contributed by atoms with E-state index in [9.17, 15) is 25.2 Å². The van der Waals surface area contributed by atoms with Crippen LogP contribution >= 0.6 is 0 Å². The van der Waals surface area contributed by atoms with Gasteiger partial charge in [0.2, 0.25) is 0 Å². The maximum Gasteiger partial charge on any atom is 0.339 e. The van der Waals surface area contributed by atoms with Crippen LogP contribution in [-0.4, -0.2) is 80.5 Å². The number of hydrogen-bond acceptors (Lipinski definition) is 8. The van der Waals surface area contributed by atoms with E-state index in [4.69, 9.17) is 19.7 Å². The van der Waals surface area contributed by atoms with Gasteiger partial charge in [0.15, 0.2) is 6.29 Å². The number of aliphatic hydroxyl groups excluding tert-OH is 4. The van der Waals surface area contributed by atoms with Gasteiger partial charge in [0, 0.05) is 0 Å². The van der Waals surface area contributed by atoms with Gasteiger partial charge in [-0.15, -0.1) is 0 Å². The van der Waals surface area contributed by atoms with Crippen molar-refractivity contribution >= 4 is 5.97 Å². The number of aromatic carboxylic acids is 1. The predicted octanol–water partition coefficient (Wildman–Crippen LogP) is -1.55. The lowest BCUT2D eigenvalue weighted by Gasteiger charge is -2.39. The largest absolute Gasteiger partial charge is 0.507 e. The number of ether oxygens (including phenoxy) is 2. The molecule has 0 spiro atoms. The summed E-state index contributed by atoms with van der Waals surface area (Å²) in [6, 6.07) is 4.26. The Balaban J connectivity index is 1.99. The van der Waals surface area contributed by atoms with Crippen LogP contribution in [0.4, 0.5) is 0 Å². The van der Waals surface area contributed by atoms with Gasteiger partial charge in [-0.05, 0) is 18.1 Å². The van der Waals surface area contributed by atoms with Crippen LogP contribution in [0.1, 0.15) is 15.9 Å². The Hall–Kier alpha value is -1.75. The van der Waals surface area contributed by atoms with Crippen molar-refractivity contribution in [3.8, 4) is 5.75 Å². The molecule has 1 fully saturated rings. The maximum atomic E-state index is 11.2. The van der Waals surface area contributed by atoms with Gasteiger partial charge in [0.05, 0.1) is 13.2 Å². The zero-order valence-corrected chi connectivity index (χ0v) is 12.6. The third-order valence-corrected chi connectivity index (χ3v) is 3.84. The lowest BCUT2D eigenvalue weighted by molar-refractivity contribution is -0.300. The van der Waals surface area contributed by atoms with Crippen LogP contribution in [0.2, 0.25) is 0 Å². The van der Waals surface area contributed by atoms with Crippen molar-refractivity contribution in [3.05, 3.63) is 29.3 Å². The summed E-state index contributed by atoms with van der Waals surface area (Å²) in [5.41, 5.74) is 0.0852. The maximum absolute atomic E-state index is 11.2. The Morgan fingerprint density at radius 3 is 2.50 bits per heavy atom. The van der Waals surface area contributed by atoms with E-state index in [0.29, 0.717) is 5.56 Å². The summed E-state index contributed by atoms with van der Waals surface area (Å²) < 4.78 is 10.5. The van der Waals surface area contributed by atoms with E-state index in [2.05, 4.69) is 0 Å². The van der Waals surface area contributed by atoms with E-state index in [1.165, 1.54) is 18.2 Å². The molecule has 9 heteroatoms. The molecular formula is C15H20O9. The Morgan fingerprint density at radius 1 is 1.17 bits per heavy atom. The molecule has 6 N–H and O–H groups in total. The fourth-order valence-electron chi connectivity index (χ4n) is 2.53. The first-order valence-corrected chi connectivity index (χ1v) is 7.33. The van der Waals surface area contributed by atoms with Crippen LogP contribution in [0.15, 0.2) is 18.2 Å². The first-order chi connectivity index (χ1) is 11.4. The SMILES string of the molecule is O=C(O)c1c(O)cccc1CCO[C@@H]1O[C@H](CO)[C@@H](O)[C@H](O)[C@H]1O. The van der Waals surface area contributed by atoms with E-state index in [0.717, 1.165) is 0 Å². The molecule has 0 saturated carbocycles. The lowest BCUT2D eigenvalue weighted by Crippen LogP contribution is -2.59. The van der Waals surface area contributed by atoms with Crippen molar-refractivity contribution in [3.63, 3.8) is 0 Å². The summed E-state index contributed by atoms with van der Waals surface area (Å²) in [6.45, 7) is -0.646. The highest BCUT2D eigenvalue weighted by molar-refractivity contribution is 5.92. The zero-order valence-electron chi connectivity index (χ0n) is 12.6. The fourth-order valence-corrected chi connectivity index (χ4v) is 2.53. The smallest absolute Gasteiger partial charge is 0.339 e. The molecule has 1 aliphatic rings. The summed E-state index contributed by atoms with van der Waals surface area (Å²) in [5, 5.41) is 57.0. The van der Waals surface area contributed by atoms with Crippen molar-refractivity contribution in [2.24, 2.45) is 0 Å². The third-order valence-electron chi connectivity index (χ3n) is 3.84. The normalized spacial score (nSPS) is 30.2. The number of aliphatic hydroxyl groups is 4. The number of aromatic hydroxyl groups is 1. The van der Waals surface area contributed by atoms with E-state index in [-0.39, 0.29) is 24.3 Å².